The van der Waals surface area contributed by atoms with Crippen molar-refractivity contribution in [1.82, 2.24) is 0 Å². The van der Waals surface area contributed by atoms with Gasteiger partial charge in [0.15, 0.2) is 0 Å². The minimum absolute atomic E-state index is 0.324. The maximum absolute atomic E-state index is 13.9. The molecule has 2 aromatic rings. The van der Waals surface area contributed by atoms with Gasteiger partial charge in [0.2, 0.25) is 0 Å². The van der Waals surface area contributed by atoms with Crippen molar-refractivity contribution in [2.75, 3.05) is 7.11 Å². The summed E-state index contributed by atoms with van der Waals surface area (Å²) in [5, 5.41) is 0. The van der Waals surface area contributed by atoms with Gasteiger partial charge in [-0.1, -0.05) is 36.3 Å². The van der Waals surface area contributed by atoms with Crippen molar-refractivity contribution in [3.05, 3.63) is 71.3 Å². The van der Waals surface area contributed by atoms with Crippen molar-refractivity contribution in [1.29, 1.82) is 0 Å². The Morgan fingerprint density at radius 1 is 1.09 bits per heavy atom. The molecule has 0 radical (unpaired) electrons. The Hall–Kier alpha value is -2.67. The summed E-state index contributed by atoms with van der Waals surface area (Å²) in [6, 6.07) is 14.5. The highest BCUT2D eigenvalue weighted by molar-refractivity contribution is 5.89. The molecule has 0 aliphatic carbocycles. The first kappa shape index (κ1) is 15.7. The number of hydrogen-bond donors (Lipinski definition) is 0. The van der Waals surface area contributed by atoms with Crippen molar-refractivity contribution in [3.63, 3.8) is 0 Å². The van der Waals surface area contributed by atoms with Gasteiger partial charge in [0, 0.05) is 12.0 Å². The third-order valence-electron chi connectivity index (χ3n) is 2.96. The summed E-state index contributed by atoms with van der Waals surface area (Å²) in [5.41, 5.74) is 1.27. The van der Waals surface area contributed by atoms with E-state index in [-0.39, 0.29) is 0 Å². The zero-order chi connectivity index (χ0) is 16.0. The van der Waals surface area contributed by atoms with Gasteiger partial charge in [-0.05, 0) is 35.7 Å². The normalized spacial score (nSPS) is 10.5. The summed E-state index contributed by atoms with van der Waals surface area (Å²) in [6.45, 7) is 0. The molecule has 0 amide bonds. The van der Waals surface area contributed by atoms with E-state index in [0.29, 0.717) is 16.7 Å². The van der Waals surface area contributed by atoms with Crippen LogP contribution in [0, 0.1) is 11.8 Å². The first-order valence-electron chi connectivity index (χ1n) is 6.63. The third kappa shape index (κ3) is 4.42. The number of ether oxygens (including phenoxy) is 1. The molecule has 0 aliphatic rings. The van der Waals surface area contributed by atoms with Crippen LogP contribution in [0.4, 0.5) is 8.78 Å². The largest absolute Gasteiger partial charge is 0.465 e. The predicted octanol–water partition coefficient (Wildman–Crippen LogP) is 3.70. The van der Waals surface area contributed by atoms with Crippen LogP contribution in [0.2, 0.25) is 0 Å². The van der Waals surface area contributed by atoms with Gasteiger partial charge in [-0.15, -0.1) is 0 Å². The van der Waals surface area contributed by atoms with Crippen LogP contribution in [0.25, 0.3) is 0 Å². The number of methoxy groups -OCH3 is 1. The van der Waals surface area contributed by atoms with E-state index in [1.165, 1.54) is 31.4 Å². The Morgan fingerprint density at radius 3 is 2.32 bits per heavy atom. The number of benzene rings is 2. The number of hydrogen-bond acceptors (Lipinski definition) is 2. The Labute approximate surface area is 127 Å². The van der Waals surface area contributed by atoms with Crippen LogP contribution in [0.5, 0.6) is 0 Å². The molecule has 0 bridgehead atoms. The van der Waals surface area contributed by atoms with Gasteiger partial charge in [-0.25, -0.2) is 4.79 Å². The SMILES string of the molecule is COC(=O)c1ccc(CC(F)(F)C#Cc2ccccc2)cc1. The van der Waals surface area contributed by atoms with Gasteiger partial charge in [-0.3, -0.25) is 0 Å². The molecule has 4 heteroatoms. The molecule has 0 aliphatic heterocycles. The van der Waals surface area contributed by atoms with Crippen LogP contribution in [0.3, 0.4) is 0 Å². The van der Waals surface area contributed by atoms with Gasteiger partial charge in [0.25, 0.3) is 0 Å². The van der Waals surface area contributed by atoms with Crippen LogP contribution < -0.4 is 0 Å². The van der Waals surface area contributed by atoms with Crippen LogP contribution in [-0.4, -0.2) is 19.0 Å². The molecule has 0 spiro atoms. The zero-order valence-electron chi connectivity index (χ0n) is 12.0. The minimum Gasteiger partial charge on any atom is -0.465 e. The molecule has 2 nitrogen and oxygen atoms in total. The molecule has 0 fully saturated rings. The maximum atomic E-state index is 13.9. The number of alkyl halides is 2. The van der Waals surface area contributed by atoms with E-state index >= 15 is 0 Å². The van der Waals surface area contributed by atoms with Crippen LogP contribution in [-0.2, 0) is 11.2 Å². The van der Waals surface area contributed by atoms with Crippen LogP contribution >= 0.6 is 0 Å². The van der Waals surface area contributed by atoms with Crippen molar-refractivity contribution >= 4 is 5.97 Å². The number of carbonyl (C=O) groups excluding carboxylic acids is 1. The lowest BCUT2D eigenvalue weighted by Crippen LogP contribution is -2.17. The van der Waals surface area contributed by atoms with Crippen molar-refractivity contribution < 1.29 is 18.3 Å². The Balaban J connectivity index is 2.09. The van der Waals surface area contributed by atoms with E-state index in [0.717, 1.165) is 0 Å². The first-order chi connectivity index (χ1) is 10.5. The van der Waals surface area contributed by atoms with Gasteiger partial charge in [0.05, 0.1) is 12.7 Å². The summed E-state index contributed by atoms with van der Waals surface area (Å²) in [6.07, 6.45) is -0.506. The molecule has 2 rings (SSSR count). The lowest BCUT2D eigenvalue weighted by molar-refractivity contribution is 0.0600. The number of rotatable bonds is 3. The second-order valence-corrected chi connectivity index (χ2v) is 4.69. The lowest BCUT2D eigenvalue weighted by Gasteiger charge is -2.09. The van der Waals surface area contributed by atoms with E-state index in [9.17, 15) is 13.6 Å². The number of carbonyl (C=O) groups is 1. The van der Waals surface area contributed by atoms with Crippen molar-refractivity contribution in [2.24, 2.45) is 0 Å². The van der Waals surface area contributed by atoms with E-state index in [1.807, 2.05) is 5.92 Å². The standard InChI is InChI=1S/C18H14F2O2/c1-22-17(21)16-9-7-15(8-10-16)13-18(19,20)12-11-14-5-3-2-4-6-14/h2-10H,13H2,1H3. The molecule has 0 unspecified atom stereocenters. The summed E-state index contributed by atoms with van der Waals surface area (Å²) in [5.74, 6) is 0.833. The lowest BCUT2D eigenvalue weighted by atomic mass is 10.0. The Morgan fingerprint density at radius 2 is 1.73 bits per heavy atom. The van der Waals surface area contributed by atoms with E-state index in [4.69, 9.17) is 0 Å². The summed E-state index contributed by atoms with van der Waals surface area (Å²) in [7, 11) is 1.27. The smallest absolute Gasteiger partial charge is 0.337 e. The maximum Gasteiger partial charge on any atom is 0.337 e. The number of esters is 1. The summed E-state index contributed by atoms with van der Waals surface area (Å²) in [4.78, 5) is 11.3. The van der Waals surface area contributed by atoms with Crippen molar-refractivity contribution in [2.45, 2.75) is 12.3 Å². The molecule has 0 N–H and O–H groups in total. The average molecular weight is 300 g/mol. The quantitative estimate of drug-likeness (QED) is 0.638. The fourth-order valence-electron chi connectivity index (χ4n) is 1.86. The van der Waals surface area contributed by atoms with Crippen molar-refractivity contribution in [3.8, 4) is 11.8 Å². The highest BCUT2D eigenvalue weighted by Crippen LogP contribution is 2.20. The van der Waals surface area contributed by atoms with E-state index in [1.54, 1.807) is 30.3 Å². The fraction of sp³-hybridized carbons (Fsp3) is 0.167. The van der Waals surface area contributed by atoms with Gasteiger partial charge in [-0.2, -0.15) is 8.78 Å². The van der Waals surface area contributed by atoms with Gasteiger partial charge >= 0.3 is 11.9 Å². The van der Waals surface area contributed by atoms with Gasteiger partial charge in [0.1, 0.15) is 0 Å². The topological polar surface area (TPSA) is 26.3 Å². The minimum atomic E-state index is -3.14. The molecular weight excluding hydrogens is 286 g/mol. The monoisotopic (exact) mass is 300 g/mol. The van der Waals surface area contributed by atoms with Gasteiger partial charge < -0.3 is 4.74 Å². The van der Waals surface area contributed by atoms with E-state index < -0.39 is 18.3 Å². The fourth-order valence-corrected chi connectivity index (χ4v) is 1.86. The zero-order valence-corrected chi connectivity index (χ0v) is 12.0. The summed E-state index contributed by atoms with van der Waals surface area (Å²) < 4.78 is 32.3. The Bertz CT molecular complexity index is 695. The number of halogens is 2. The second-order valence-electron chi connectivity index (χ2n) is 4.69. The highest BCUT2D eigenvalue weighted by atomic mass is 19.3. The molecule has 0 heterocycles. The molecule has 0 aromatic heterocycles. The molecule has 0 atom stereocenters. The predicted molar refractivity (Wildman–Crippen MR) is 79.8 cm³/mol. The van der Waals surface area contributed by atoms with E-state index in [2.05, 4.69) is 10.7 Å². The highest BCUT2D eigenvalue weighted by Gasteiger charge is 2.26. The average Bonchev–Trinajstić information content (AvgIpc) is 2.54. The third-order valence-corrected chi connectivity index (χ3v) is 2.96. The molecule has 0 saturated heterocycles. The van der Waals surface area contributed by atoms with Crippen LogP contribution in [0.1, 0.15) is 21.5 Å². The Kier molecular flexibility index (Phi) is 4.90. The molecular formula is C18H14F2O2. The first-order valence-corrected chi connectivity index (χ1v) is 6.63. The molecule has 0 saturated carbocycles. The molecule has 2 aromatic carbocycles. The molecule has 22 heavy (non-hydrogen) atoms. The second kappa shape index (κ2) is 6.86. The van der Waals surface area contributed by atoms with Crippen LogP contribution in [0.15, 0.2) is 54.6 Å². The molecule has 112 valence electrons. The summed E-state index contributed by atoms with van der Waals surface area (Å²) >= 11 is 0.